The van der Waals surface area contributed by atoms with Crippen LogP contribution in [0.1, 0.15) is 25.8 Å². The minimum atomic E-state index is -0.204. The second kappa shape index (κ2) is 7.07. The molecular formula is C14H21NO2. The van der Waals surface area contributed by atoms with Crippen LogP contribution in [0.4, 0.5) is 0 Å². The molecule has 3 heteroatoms. The minimum Gasteiger partial charge on any atom is -0.461 e. The van der Waals surface area contributed by atoms with Gasteiger partial charge in [0.15, 0.2) is 0 Å². The number of rotatable bonds is 6. The summed E-state index contributed by atoms with van der Waals surface area (Å²) in [5, 5.41) is 0. The van der Waals surface area contributed by atoms with Crippen molar-refractivity contribution in [2.45, 2.75) is 32.9 Å². The average Bonchev–Trinajstić information content (AvgIpc) is 2.28. The van der Waals surface area contributed by atoms with Gasteiger partial charge in [0, 0.05) is 20.0 Å². The van der Waals surface area contributed by atoms with Gasteiger partial charge in [-0.25, -0.2) is 0 Å². The van der Waals surface area contributed by atoms with E-state index in [1.165, 1.54) is 12.5 Å². The SMILES string of the molecule is CCC(CN(C)Cc1ccccc1)OC(C)=O. The summed E-state index contributed by atoms with van der Waals surface area (Å²) in [6.07, 6.45) is 0.833. The molecular weight excluding hydrogens is 214 g/mol. The predicted molar refractivity (Wildman–Crippen MR) is 68.6 cm³/mol. The van der Waals surface area contributed by atoms with Crippen molar-refractivity contribution in [2.24, 2.45) is 0 Å². The molecule has 1 rings (SSSR count). The summed E-state index contributed by atoms with van der Waals surface area (Å²) in [5.74, 6) is -0.204. The lowest BCUT2D eigenvalue weighted by atomic mass is 10.2. The van der Waals surface area contributed by atoms with Crippen molar-refractivity contribution in [3.63, 3.8) is 0 Å². The number of esters is 1. The Morgan fingerprint density at radius 1 is 1.35 bits per heavy atom. The van der Waals surface area contributed by atoms with Gasteiger partial charge < -0.3 is 4.74 Å². The van der Waals surface area contributed by atoms with E-state index in [0.29, 0.717) is 0 Å². The summed E-state index contributed by atoms with van der Waals surface area (Å²) in [6, 6.07) is 10.3. The fraction of sp³-hybridized carbons (Fsp3) is 0.500. The summed E-state index contributed by atoms with van der Waals surface area (Å²) in [6.45, 7) is 5.13. The van der Waals surface area contributed by atoms with Gasteiger partial charge in [-0.05, 0) is 19.0 Å². The zero-order valence-electron chi connectivity index (χ0n) is 10.8. The average molecular weight is 235 g/mol. The normalized spacial score (nSPS) is 12.5. The standard InChI is InChI=1S/C14H21NO2/c1-4-14(17-12(2)16)11-15(3)10-13-8-6-5-7-9-13/h5-9,14H,4,10-11H2,1-3H3. The van der Waals surface area contributed by atoms with Crippen LogP contribution in [0.2, 0.25) is 0 Å². The molecule has 0 fully saturated rings. The maximum Gasteiger partial charge on any atom is 0.302 e. The molecule has 0 N–H and O–H groups in total. The van der Waals surface area contributed by atoms with E-state index in [1.807, 2.05) is 32.2 Å². The van der Waals surface area contributed by atoms with Crippen LogP contribution >= 0.6 is 0 Å². The molecule has 0 aliphatic rings. The fourth-order valence-corrected chi connectivity index (χ4v) is 1.79. The van der Waals surface area contributed by atoms with E-state index in [0.717, 1.165) is 19.5 Å². The summed E-state index contributed by atoms with van der Waals surface area (Å²) < 4.78 is 5.23. The number of nitrogens with zero attached hydrogens (tertiary/aromatic N) is 1. The third-order valence-corrected chi connectivity index (χ3v) is 2.60. The third kappa shape index (κ3) is 5.50. The number of benzene rings is 1. The Labute approximate surface area is 103 Å². The van der Waals surface area contributed by atoms with Gasteiger partial charge in [0.2, 0.25) is 0 Å². The summed E-state index contributed by atoms with van der Waals surface area (Å²) in [5.41, 5.74) is 1.27. The predicted octanol–water partition coefficient (Wildman–Crippen LogP) is 2.46. The first kappa shape index (κ1) is 13.7. The lowest BCUT2D eigenvalue weighted by Gasteiger charge is -2.22. The number of likely N-dealkylation sites (N-methyl/N-ethyl adjacent to an activating group) is 1. The summed E-state index contributed by atoms with van der Waals surface area (Å²) in [7, 11) is 2.04. The highest BCUT2D eigenvalue weighted by Crippen LogP contribution is 2.06. The number of hydrogen-bond acceptors (Lipinski definition) is 3. The second-order valence-corrected chi connectivity index (χ2v) is 4.32. The largest absolute Gasteiger partial charge is 0.461 e. The minimum absolute atomic E-state index is 0.0128. The lowest BCUT2D eigenvalue weighted by Crippen LogP contribution is -2.31. The lowest BCUT2D eigenvalue weighted by molar-refractivity contribution is -0.147. The Bertz CT molecular complexity index is 337. The van der Waals surface area contributed by atoms with Crippen LogP contribution in [0.3, 0.4) is 0 Å². The number of carbonyl (C=O) groups is 1. The van der Waals surface area contributed by atoms with Crippen LogP contribution in [0, 0.1) is 0 Å². The van der Waals surface area contributed by atoms with Gasteiger partial charge in [-0.2, -0.15) is 0 Å². The van der Waals surface area contributed by atoms with Gasteiger partial charge in [-0.3, -0.25) is 9.69 Å². The van der Waals surface area contributed by atoms with Gasteiger partial charge in [0.05, 0.1) is 0 Å². The highest BCUT2D eigenvalue weighted by molar-refractivity contribution is 5.66. The molecule has 1 aromatic rings. The molecule has 0 saturated heterocycles. The van der Waals surface area contributed by atoms with Crippen molar-refractivity contribution < 1.29 is 9.53 Å². The monoisotopic (exact) mass is 235 g/mol. The highest BCUT2D eigenvalue weighted by atomic mass is 16.5. The third-order valence-electron chi connectivity index (χ3n) is 2.60. The molecule has 1 unspecified atom stereocenters. The van der Waals surface area contributed by atoms with Gasteiger partial charge >= 0.3 is 5.97 Å². The quantitative estimate of drug-likeness (QED) is 0.709. The zero-order valence-corrected chi connectivity index (χ0v) is 10.8. The van der Waals surface area contributed by atoms with E-state index in [2.05, 4.69) is 17.0 Å². The van der Waals surface area contributed by atoms with E-state index >= 15 is 0 Å². The fourth-order valence-electron chi connectivity index (χ4n) is 1.79. The molecule has 0 aliphatic heterocycles. The Kier molecular flexibility index (Phi) is 5.70. The molecule has 0 aliphatic carbocycles. The van der Waals surface area contributed by atoms with Crippen molar-refractivity contribution in [3.05, 3.63) is 35.9 Å². The van der Waals surface area contributed by atoms with E-state index in [1.54, 1.807) is 0 Å². The summed E-state index contributed by atoms with van der Waals surface area (Å²) in [4.78, 5) is 13.1. The van der Waals surface area contributed by atoms with Gasteiger partial charge in [-0.15, -0.1) is 0 Å². The molecule has 94 valence electrons. The molecule has 3 nitrogen and oxygen atoms in total. The van der Waals surface area contributed by atoms with Crippen molar-refractivity contribution in [3.8, 4) is 0 Å². The second-order valence-electron chi connectivity index (χ2n) is 4.32. The topological polar surface area (TPSA) is 29.5 Å². The first-order valence-corrected chi connectivity index (χ1v) is 6.01. The Hall–Kier alpha value is -1.35. The van der Waals surface area contributed by atoms with Crippen molar-refractivity contribution >= 4 is 5.97 Å². The Balaban J connectivity index is 2.42. The molecule has 0 saturated carbocycles. The molecule has 0 amide bonds. The Morgan fingerprint density at radius 3 is 2.53 bits per heavy atom. The molecule has 1 atom stereocenters. The van der Waals surface area contributed by atoms with Crippen molar-refractivity contribution in [1.29, 1.82) is 0 Å². The number of carbonyl (C=O) groups excluding carboxylic acids is 1. The van der Waals surface area contributed by atoms with E-state index in [4.69, 9.17) is 4.74 Å². The molecule has 0 spiro atoms. The molecule has 1 aromatic carbocycles. The van der Waals surface area contributed by atoms with Gasteiger partial charge in [0.25, 0.3) is 0 Å². The highest BCUT2D eigenvalue weighted by Gasteiger charge is 2.12. The Morgan fingerprint density at radius 2 is 2.00 bits per heavy atom. The van der Waals surface area contributed by atoms with Crippen LogP contribution in [0.25, 0.3) is 0 Å². The van der Waals surface area contributed by atoms with Crippen LogP contribution in [0.5, 0.6) is 0 Å². The van der Waals surface area contributed by atoms with Gasteiger partial charge in [0.1, 0.15) is 6.10 Å². The van der Waals surface area contributed by atoms with Crippen molar-refractivity contribution in [1.82, 2.24) is 4.90 Å². The zero-order chi connectivity index (χ0) is 12.7. The number of hydrogen-bond donors (Lipinski definition) is 0. The smallest absolute Gasteiger partial charge is 0.302 e. The molecule has 0 bridgehead atoms. The van der Waals surface area contributed by atoms with Crippen LogP contribution in [-0.2, 0) is 16.1 Å². The maximum atomic E-state index is 10.9. The molecule has 0 radical (unpaired) electrons. The molecule has 17 heavy (non-hydrogen) atoms. The van der Waals surface area contributed by atoms with E-state index < -0.39 is 0 Å². The maximum absolute atomic E-state index is 10.9. The van der Waals surface area contributed by atoms with Crippen LogP contribution in [-0.4, -0.2) is 30.6 Å². The molecule has 0 heterocycles. The van der Waals surface area contributed by atoms with Crippen molar-refractivity contribution in [2.75, 3.05) is 13.6 Å². The van der Waals surface area contributed by atoms with Crippen LogP contribution in [0.15, 0.2) is 30.3 Å². The van der Waals surface area contributed by atoms with Crippen LogP contribution < -0.4 is 0 Å². The first-order valence-electron chi connectivity index (χ1n) is 6.01. The first-order chi connectivity index (χ1) is 8.11. The van der Waals surface area contributed by atoms with E-state index in [9.17, 15) is 4.79 Å². The summed E-state index contributed by atoms with van der Waals surface area (Å²) >= 11 is 0. The van der Waals surface area contributed by atoms with Gasteiger partial charge in [-0.1, -0.05) is 37.3 Å². The molecule has 0 aromatic heterocycles. The number of ether oxygens (including phenoxy) is 1. The van der Waals surface area contributed by atoms with E-state index in [-0.39, 0.29) is 12.1 Å².